The van der Waals surface area contributed by atoms with Crippen molar-refractivity contribution in [2.45, 2.75) is 76.5 Å². The van der Waals surface area contributed by atoms with Crippen LogP contribution in [0.2, 0.25) is 0 Å². The van der Waals surface area contributed by atoms with E-state index >= 15 is 0 Å². The maximum atomic E-state index is 14.6. The van der Waals surface area contributed by atoms with Crippen LogP contribution in [-0.4, -0.2) is 93.0 Å². The van der Waals surface area contributed by atoms with Crippen molar-refractivity contribution >= 4 is 21.7 Å². The van der Waals surface area contributed by atoms with Gasteiger partial charge < -0.3 is 24.6 Å². The molecule has 44 heavy (non-hydrogen) atoms. The van der Waals surface area contributed by atoms with Crippen molar-refractivity contribution in [2.24, 2.45) is 5.41 Å². The Hall–Kier alpha value is -2.87. The van der Waals surface area contributed by atoms with Gasteiger partial charge in [0.1, 0.15) is 17.9 Å². The molecule has 1 aliphatic carbocycles. The molecule has 2 N–H and O–H groups in total. The number of aromatic nitrogens is 2. The number of nitrogens with zero attached hydrogens (tertiary/aromatic N) is 4. The molecule has 1 amide bonds. The Labute approximate surface area is 259 Å². The topological polar surface area (TPSA) is 126 Å². The van der Waals surface area contributed by atoms with Gasteiger partial charge in [-0.15, -0.1) is 0 Å². The van der Waals surface area contributed by atoms with Crippen molar-refractivity contribution in [1.82, 2.24) is 24.9 Å². The van der Waals surface area contributed by atoms with Gasteiger partial charge in [0.15, 0.2) is 11.6 Å². The molecule has 0 unspecified atom stereocenters. The van der Waals surface area contributed by atoms with Gasteiger partial charge in [-0.2, -0.15) is 0 Å². The lowest BCUT2D eigenvalue weighted by Crippen LogP contribution is -2.61. The molecule has 4 fully saturated rings. The zero-order valence-electron chi connectivity index (χ0n) is 25.7. The number of nitrogens with one attached hydrogen (secondary N) is 2. The maximum absolute atomic E-state index is 14.6. The minimum atomic E-state index is -3.23. The predicted molar refractivity (Wildman–Crippen MR) is 164 cm³/mol. The number of ether oxygens (including phenoxy) is 2. The highest BCUT2D eigenvalue weighted by atomic mass is 32.2. The Bertz CT molecular complexity index is 1460. The lowest BCUT2D eigenvalue weighted by molar-refractivity contribution is -0.0299. The fourth-order valence-corrected chi connectivity index (χ4v) is 7.53. The Morgan fingerprint density at radius 2 is 1.93 bits per heavy atom. The third-order valence-corrected chi connectivity index (χ3v) is 9.88. The molecule has 2 aromatic rings. The van der Waals surface area contributed by atoms with Crippen molar-refractivity contribution in [3.63, 3.8) is 0 Å². The second kappa shape index (κ2) is 12.5. The van der Waals surface area contributed by atoms with Gasteiger partial charge in [0.05, 0.1) is 30.7 Å². The summed E-state index contributed by atoms with van der Waals surface area (Å²) in [5.41, 5.74) is 1.10. The van der Waals surface area contributed by atoms with Crippen LogP contribution in [0, 0.1) is 11.2 Å². The lowest BCUT2D eigenvalue weighted by atomic mass is 9.72. The smallest absolute Gasteiger partial charge is 0.255 e. The minimum absolute atomic E-state index is 0.103. The quantitative estimate of drug-likeness (QED) is 0.406. The molecule has 1 saturated carbocycles. The van der Waals surface area contributed by atoms with E-state index < -0.39 is 15.8 Å². The third kappa shape index (κ3) is 7.32. The average Bonchev–Trinajstić information content (AvgIpc) is 3.79. The molecule has 4 heterocycles. The molecule has 11 nitrogen and oxygen atoms in total. The summed E-state index contributed by atoms with van der Waals surface area (Å²) in [6.45, 7) is 8.70. The van der Waals surface area contributed by atoms with Crippen LogP contribution in [0.4, 0.5) is 10.2 Å². The second-order valence-electron chi connectivity index (χ2n) is 13.4. The van der Waals surface area contributed by atoms with E-state index in [9.17, 15) is 17.6 Å². The second-order valence-corrected chi connectivity index (χ2v) is 15.1. The molecule has 13 heteroatoms. The van der Waals surface area contributed by atoms with E-state index in [0.29, 0.717) is 29.5 Å². The number of hydrogen-bond donors (Lipinski definition) is 2. The Morgan fingerprint density at radius 3 is 2.57 bits per heavy atom. The summed E-state index contributed by atoms with van der Waals surface area (Å²) in [6.07, 6.45) is 10.1. The van der Waals surface area contributed by atoms with Gasteiger partial charge in [0, 0.05) is 42.7 Å². The van der Waals surface area contributed by atoms with E-state index in [2.05, 4.69) is 29.8 Å². The molecule has 0 bridgehead atoms. The van der Waals surface area contributed by atoms with Gasteiger partial charge in [-0.05, 0) is 83.5 Å². The van der Waals surface area contributed by atoms with Crippen LogP contribution in [0.25, 0.3) is 0 Å². The summed E-state index contributed by atoms with van der Waals surface area (Å²) in [4.78, 5) is 26.5. The first-order valence-electron chi connectivity index (χ1n) is 15.7. The third-order valence-electron chi connectivity index (χ3n) is 9.12. The van der Waals surface area contributed by atoms with Gasteiger partial charge in [0.25, 0.3) is 5.91 Å². The van der Waals surface area contributed by atoms with Crippen LogP contribution in [0.5, 0.6) is 11.5 Å². The molecule has 1 spiro atoms. The summed E-state index contributed by atoms with van der Waals surface area (Å²) >= 11 is 0. The molecule has 6 rings (SSSR count). The average molecular weight is 631 g/mol. The van der Waals surface area contributed by atoms with E-state index in [4.69, 9.17) is 9.47 Å². The largest absolute Gasteiger partial charge is 0.451 e. The minimum Gasteiger partial charge on any atom is -0.451 e. The summed E-state index contributed by atoms with van der Waals surface area (Å²) in [5.74, 6) is 0.883. The van der Waals surface area contributed by atoms with Gasteiger partial charge in [0.2, 0.25) is 10.0 Å². The number of rotatable bonds is 10. The number of anilines is 1. The Morgan fingerprint density at radius 1 is 1.18 bits per heavy atom. The number of piperidine rings is 1. The SMILES string of the molecule is CC(C)NC(=O)c1cc(F)cc(C2CC2)c1Oc1cncnc1N1CC2(CCN(C[C@@H]3CC[C@@H](NS(C)(=O)=O)CO3)CC2)C1. The molecule has 240 valence electrons. The number of sulfonamides is 1. The van der Waals surface area contributed by atoms with Gasteiger partial charge in [-0.25, -0.2) is 27.5 Å². The number of halogens is 1. The van der Waals surface area contributed by atoms with Crippen molar-refractivity contribution in [3.8, 4) is 11.5 Å². The van der Waals surface area contributed by atoms with Gasteiger partial charge >= 0.3 is 0 Å². The number of benzene rings is 1. The summed E-state index contributed by atoms with van der Waals surface area (Å²) in [5, 5.41) is 2.87. The summed E-state index contributed by atoms with van der Waals surface area (Å²) in [6, 6.07) is 2.49. The standard InChI is InChI=1S/C31H43FN6O5S/c1-20(2)35-30(39)26-13-22(32)12-25(21-4-5-21)28(26)43-27-14-33-19-34-29(27)38-17-31(18-38)8-10-37(11-9-31)15-24-7-6-23(16-42-24)36-44(3,40)41/h12-14,19-21,23-24,36H,4-11,15-18H2,1-3H3,(H,35,39)/t23-,24+/m1/s1. The van der Waals surface area contributed by atoms with Crippen molar-refractivity contribution in [3.05, 3.63) is 41.6 Å². The van der Waals surface area contributed by atoms with Crippen LogP contribution in [0.1, 0.15) is 74.2 Å². The molecule has 1 aromatic heterocycles. The molecule has 3 aliphatic heterocycles. The normalized spacial score (nSPS) is 23.9. The number of carbonyl (C=O) groups is 1. The molecule has 1 aromatic carbocycles. The van der Waals surface area contributed by atoms with Gasteiger partial charge in [-0.1, -0.05) is 0 Å². The van der Waals surface area contributed by atoms with E-state index in [-0.39, 0.29) is 41.0 Å². The van der Waals surface area contributed by atoms with Crippen molar-refractivity contribution in [1.29, 1.82) is 0 Å². The Kier molecular flexibility index (Phi) is 8.84. The highest BCUT2D eigenvalue weighted by Gasteiger charge is 2.46. The van der Waals surface area contributed by atoms with Crippen molar-refractivity contribution in [2.75, 3.05) is 50.5 Å². The molecular weight excluding hydrogens is 587 g/mol. The highest BCUT2D eigenvalue weighted by molar-refractivity contribution is 7.88. The monoisotopic (exact) mass is 630 g/mol. The number of hydrogen-bond acceptors (Lipinski definition) is 9. The first-order chi connectivity index (χ1) is 21.0. The van der Waals surface area contributed by atoms with Crippen LogP contribution in [0.3, 0.4) is 0 Å². The Balaban J connectivity index is 1.07. The fraction of sp³-hybridized carbons (Fsp3) is 0.645. The van der Waals surface area contributed by atoms with E-state index in [0.717, 1.165) is 71.2 Å². The summed E-state index contributed by atoms with van der Waals surface area (Å²) < 4.78 is 52.7. The van der Waals surface area contributed by atoms with Crippen LogP contribution >= 0.6 is 0 Å². The van der Waals surface area contributed by atoms with Crippen LogP contribution in [-0.2, 0) is 14.8 Å². The zero-order chi connectivity index (χ0) is 31.1. The molecule has 4 aliphatic rings. The van der Waals surface area contributed by atoms with E-state index in [1.165, 1.54) is 24.7 Å². The molecule has 3 saturated heterocycles. The maximum Gasteiger partial charge on any atom is 0.255 e. The highest BCUT2D eigenvalue weighted by Crippen LogP contribution is 2.49. The first-order valence-corrected chi connectivity index (χ1v) is 17.5. The van der Waals surface area contributed by atoms with E-state index in [1.54, 1.807) is 6.20 Å². The van der Waals surface area contributed by atoms with E-state index in [1.807, 2.05) is 13.8 Å². The predicted octanol–water partition coefficient (Wildman–Crippen LogP) is 3.42. The van der Waals surface area contributed by atoms with Gasteiger partial charge in [-0.3, -0.25) is 4.79 Å². The molecule has 2 atom stereocenters. The van der Waals surface area contributed by atoms with Crippen molar-refractivity contribution < 1.29 is 27.1 Å². The number of carbonyl (C=O) groups excluding carboxylic acids is 1. The lowest BCUT2D eigenvalue weighted by Gasteiger charge is -2.54. The molecular formula is C31H43FN6O5S. The van der Waals surface area contributed by atoms with Crippen LogP contribution < -0.4 is 19.7 Å². The number of amides is 1. The van der Waals surface area contributed by atoms with Crippen LogP contribution in [0.15, 0.2) is 24.7 Å². The summed E-state index contributed by atoms with van der Waals surface area (Å²) in [7, 11) is -3.23. The molecule has 0 radical (unpaired) electrons. The first kappa shape index (κ1) is 31.1. The zero-order valence-corrected chi connectivity index (χ0v) is 26.5. The fourth-order valence-electron chi connectivity index (χ4n) is 6.74. The number of likely N-dealkylation sites (tertiary alicyclic amines) is 1.